The van der Waals surface area contributed by atoms with E-state index < -0.39 is 17.2 Å². The molecule has 0 unspecified atom stereocenters. The average molecular weight is 288 g/mol. The summed E-state index contributed by atoms with van der Waals surface area (Å²) in [6.07, 6.45) is 0. The van der Waals surface area contributed by atoms with Crippen molar-refractivity contribution < 1.29 is 8.78 Å². The Morgan fingerprint density at radius 1 is 1.14 bits per heavy atom. The molecule has 0 aliphatic rings. The molecule has 21 heavy (non-hydrogen) atoms. The Kier molecular flexibility index (Phi) is 3.11. The molecule has 0 saturated heterocycles. The van der Waals surface area contributed by atoms with Gasteiger partial charge in [-0.25, -0.2) is 24.2 Å². The number of fused-ring (bicyclic) bond motifs is 1. The molecule has 0 bridgehead atoms. The lowest BCUT2D eigenvalue weighted by atomic mass is 10.2. The van der Waals surface area contributed by atoms with Crippen LogP contribution in [0.3, 0.4) is 0 Å². The van der Waals surface area contributed by atoms with E-state index in [2.05, 4.69) is 10.4 Å². The number of hydrogen-bond donors (Lipinski definition) is 2. The van der Waals surface area contributed by atoms with E-state index in [4.69, 9.17) is 5.84 Å². The molecular formula is C14H10F2N4O. The third kappa shape index (κ3) is 2.13. The van der Waals surface area contributed by atoms with Gasteiger partial charge in [-0.2, -0.15) is 0 Å². The first-order valence-corrected chi connectivity index (χ1v) is 6.05. The quantitative estimate of drug-likeness (QED) is 0.558. The lowest BCUT2D eigenvalue weighted by molar-refractivity contribution is 0.577. The Morgan fingerprint density at radius 3 is 2.62 bits per heavy atom. The number of nitrogen functional groups attached to an aromatic ring is 1. The number of nitrogens with two attached hydrogens (primary N) is 1. The van der Waals surface area contributed by atoms with Crippen molar-refractivity contribution in [3.63, 3.8) is 0 Å². The van der Waals surface area contributed by atoms with Gasteiger partial charge in [0.2, 0.25) is 5.95 Å². The molecule has 3 N–H and O–H groups in total. The Morgan fingerprint density at radius 2 is 1.90 bits per heavy atom. The van der Waals surface area contributed by atoms with Crippen molar-refractivity contribution >= 4 is 16.9 Å². The van der Waals surface area contributed by atoms with Crippen LogP contribution in [0, 0.1) is 11.6 Å². The van der Waals surface area contributed by atoms with Crippen LogP contribution in [-0.2, 0) is 0 Å². The molecule has 0 atom stereocenters. The second kappa shape index (κ2) is 4.95. The Bertz CT molecular complexity index is 892. The zero-order valence-electron chi connectivity index (χ0n) is 10.7. The second-order valence-corrected chi connectivity index (χ2v) is 4.33. The maximum absolute atomic E-state index is 13.9. The van der Waals surface area contributed by atoms with Crippen molar-refractivity contribution in [1.29, 1.82) is 0 Å². The number of anilines is 1. The highest BCUT2D eigenvalue weighted by Crippen LogP contribution is 2.18. The number of benzene rings is 2. The van der Waals surface area contributed by atoms with Crippen LogP contribution in [-0.4, -0.2) is 9.55 Å². The largest absolute Gasteiger partial charge is 0.293 e. The second-order valence-electron chi connectivity index (χ2n) is 4.33. The third-order valence-electron chi connectivity index (χ3n) is 3.06. The minimum absolute atomic E-state index is 0.0378. The van der Waals surface area contributed by atoms with Gasteiger partial charge in [-0.15, -0.1) is 0 Å². The van der Waals surface area contributed by atoms with E-state index in [1.165, 1.54) is 0 Å². The highest BCUT2D eigenvalue weighted by Gasteiger charge is 2.15. The predicted molar refractivity (Wildman–Crippen MR) is 75.1 cm³/mol. The molecule has 0 amide bonds. The van der Waals surface area contributed by atoms with E-state index in [0.717, 1.165) is 16.7 Å². The SMILES string of the molecule is NNc1nc2ccccc2c(=O)n1-c1ccc(F)cc1F. The summed E-state index contributed by atoms with van der Waals surface area (Å²) in [5.41, 5.74) is 2.05. The molecule has 2 aromatic carbocycles. The minimum Gasteiger partial charge on any atom is -0.293 e. The minimum atomic E-state index is -0.884. The summed E-state index contributed by atoms with van der Waals surface area (Å²) in [6, 6.07) is 9.51. The molecule has 0 spiro atoms. The van der Waals surface area contributed by atoms with Crippen molar-refractivity contribution in [2.24, 2.45) is 5.84 Å². The molecule has 3 aromatic rings. The van der Waals surface area contributed by atoms with E-state index in [1.807, 2.05) is 0 Å². The fourth-order valence-corrected chi connectivity index (χ4v) is 2.12. The molecular weight excluding hydrogens is 278 g/mol. The molecule has 7 heteroatoms. The van der Waals surface area contributed by atoms with E-state index in [9.17, 15) is 13.6 Å². The first-order chi connectivity index (χ1) is 10.1. The van der Waals surface area contributed by atoms with Crippen molar-refractivity contribution in [2.45, 2.75) is 0 Å². The normalized spacial score (nSPS) is 10.8. The average Bonchev–Trinajstić information content (AvgIpc) is 2.48. The van der Waals surface area contributed by atoms with Crippen molar-refractivity contribution in [3.8, 4) is 5.69 Å². The summed E-state index contributed by atoms with van der Waals surface area (Å²) in [7, 11) is 0. The first kappa shape index (κ1) is 13.2. The van der Waals surface area contributed by atoms with Gasteiger partial charge >= 0.3 is 0 Å². The number of nitrogens with zero attached hydrogens (tertiary/aromatic N) is 2. The molecule has 0 saturated carbocycles. The standard InChI is InChI=1S/C14H10F2N4O/c15-8-5-6-12(10(16)7-8)20-13(21)9-3-1-2-4-11(9)18-14(20)19-17/h1-7H,17H2,(H,18,19). The van der Waals surface area contributed by atoms with Gasteiger partial charge < -0.3 is 0 Å². The van der Waals surface area contributed by atoms with Gasteiger partial charge in [-0.05, 0) is 24.3 Å². The number of aromatic nitrogens is 2. The van der Waals surface area contributed by atoms with E-state index in [1.54, 1.807) is 24.3 Å². The molecule has 0 fully saturated rings. The Labute approximate surface area is 117 Å². The van der Waals surface area contributed by atoms with Gasteiger partial charge in [0, 0.05) is 6.07 Å². The molecule has 0 radical (unpaired) electrons. The molecule has 0 aliphatic heterocycles. The van der Waals surface area contributed by atoms with Crippen LogP contribution >= 0.6 is 0 Å². The summed E-state index contributed by atoms with van der Waals surface area (Å²) in [5, 5.41) is 0.306. The molecule has 5 nitrogen and oxygen atoms in total. The van der Waals surface area contributed by atoms with Crippen LogP contribution in [0.25, 0.3) is 16.6 Å². The Balaban J connectivity index is 2.41. The summed E-state index contributed by atoms with van der Waals surface area (Å²) >= 11 is 0. The highest BCUT2D eigenvalue weighted by atomic mass is 19.1. The van der Waals surface area contributed by atoms with Crippen LogP contribution in [0.4, 0.5) is 14.7 Å². The van der Waals surface area contributed by atoms with Gasteiger partial charge in [0.05, 0.1) is 16.6 Å². The molecule has 0 aliphatic carbocycles. The van der Waals surface area contributed by atoms with Crippen molar-refractivity contribution in [3.05, 3.63) is 64.5 Å². The van der Waals surface area contributed by atoms with Crippen LogP contribution < -0.4 is 16.8 Å². The third-order valence-corrected chi connectivity index (χ3v) is 3.06. The van der Waals surface area contributed by atoms with Crippen LogP contribution in [0.2, 0.25) is 0 Å². The molecule has 1 aromatic heterocycles. The number of hydrazine groups is 1. The number of nitrogens with one attached hydrogen (secondary N) is 1. The van der Waals surface area contributed by atoms with Crippen LogP contribution in [0.1, 0.15) is 0 Å². The monoisotopic (exact) mass is 288 g/mol. The number of hydrogen-bond acceptors (Lipinski definition) is 4. The number of rotatable bonds is 2. The van der Waals surface area contributed by atoms with E-state index in [0.29, 0.717) is 17.0 Å². The lowest BCUT2D eigenvalue weighted by Gasteiger charge is -2.13. The smallest absolute Gasteiger partial charge is 0.267 e. The molecule has 106 valence electrons. The van der Waals surface area contributed by atoms with E-state index >= 15 is 0 Å². The van der Waals surface area contributed by atoms with Gasteiger partial charge in [0.1, 0.15) is 11.6 Å². The summed E-state index contributed by atoms with van der Waals surface area (Å²) in [6.45, 7) is 0. The number of para-hydroxylation sites is 1. The van der Waals surface area contributed by atoms with Gasteiger partial charge in [0.15, 0.2) is 0 Å². The van der Waals surface area contributed by atoms with Crippen LogP contribution in [0.5, 0.6) is 0 Å². The molecule has 3 rings (SSSR count). The summed E-state index contributed by atoms with van der Waals surface area (Å²) in [4.78, 5) is 16.7. The van der Waals surface area contributed by atoms with Gasteiger partial charge in [0.25, 0.3) is 5.56 Å². The lowest BCUT2D eigenvalue weighted by Crippen LogP contribution is -2.26. The maximum Gasteiger partial charge on any atom is 0.267 e. The fraction of sp³-hybridized carbons (Fsp3) is 0. The fourth-order valence-electron chi connectivity index (χ4n) is 2.12. The zero-order valence-corrected chi connectivity index (χ0v) is 10.7. The van der Waals surface area contributed by atoms with Crippen molar-refractivity contribution in [2.75, 3.05) is 5.43 Å². The first-order valence-electron chi connectivity index (χ1n) is 6.05. The molecule has 1 heterocycles. The van der Waals surface area contributed by atoms with Crippen molar-refractivity contribution in [1.82, 2.24) is 9.55 Å². The van der Waals surface area contributed by atoms with Crippen LogP contribution in [0.15, 0.2) is 47.3 Å². The van der Waals surface area contributed by atoms with E-state index in [-0.39, 0.29) is 11.6 Å². The number of halogens is 2. The summed E-state index contributed by atoms with van der Waals surface area (Å²) in [5.74, 6) is 3.70. The zero-order chi connectivity index (χ0) is 15.0. The summed E-state index contributed by atoms with van der Waals surface area (Å²) < 4.78 is 27.9. The van der Waals surface area contributed by atoms with Gasteiger partial charge in [-0.1, -0.05) is 12.1 Å². The van der Waals surface area contributed by atoms with Gasteiger partial charge in [-0.3, -0.25) is 10.2 Å². The maximum atomic E-state index is 13.9. The predicted octanol–water partition coefficient (Wildman–Crippen LogP) is 1.95. The Hall–Kier alpha value is -2.80. The topological polar surface area (TPSA) is 72.9 Å². The highest BCUT2D eigenvalue weighted by molar-refractivity contribution is 5.79.